The van der Waals surface area contributed by atoms with E-state index in [2.05, 4.69) is 5.32 Å². The van der Waals surface area contributed by atoms with Gasteiger partial charge < -0.3 is 5.32 Å². The first-order chi connectivity index (χ1) is 8.72. The van der Waals surface area contributed by atoms with Crippen LogP contribution in [0.1, 0.15) is 37.7 Å². The summed E-state index contributed by atoms with van der Waals surface area (Å²) < 4.78 is 0. The number of hydrogen-bond acceptors (Lipinski definition) is 1. The third kappa shape index (κ3) is 2.29. The Morgan fingerprint density at radius 1 is 1.28 bits per heavy atom. The van der Waals surface area contributed by atoms with Crippen LogP contribution >= 0.6 is 0 Å². The van der Waals surface area contributed by atoms with Gasteiger partial charge in [0.25, 0.3) is 0 Å². The van der Waals surface area contributed by atoms with Gasteiger partial charge in [0.2, 0.25) is 5.91 Å². The Morgan fingerprint density at radius 2 is 2.11 bits per heavy atom. The summed E-state index contributed by atoms with van der Waals surface area (Å²) in [5.74, 6) is 2.60. The van der Waals surface area contributed by atoms with Gasteiger partial charge in [0.1, 0.15) is 0 Å². The highest BCUT2D eigenvalue weighted by Gasteiger charge is 2.40. The van der Waals surface area contributed by atoms with E-state index >= 15 is 0 Å². The fourth-order valence-electron chi connectivity index (χ4n) is 3.78. The number of fused-ring (bicyclic) bond motifs is 2. The number of benzene rings is 1. The number of nitrogens with one attached hydrogen (secondary N) is 1. The summed E-state index contributed by atoms with van der Waals surface area (Å²) >= 11 is 0. The molecule has 2 heteroatoms. The summed E-state index contributed by atoms with van der Waals surface area (Å²) in [6.07, 6.45) is 6.14. The van der Waals surface area contributed by atoms with Crippen molar-refractivity contribution in [3.8, 4) is 0 Å². The maximum absolute atomic E-state index is 12.1. The minimum Gasteiger partial charge on any atom is -0.326 e. The van der Waals surface area contributed by atoms with E-state index in [1.165, 1.54) is 25.7 Å². The minimum absolute atomic E-state index is 0.196. The molecule has 1 N–H and O–H groups in total. The van der Waals surface area contributed by atoms with Crippen LogP contribution in [-0.4, -0.2) is 5.91 Å². The number of hydrogen-bond donors (Lipinski definition) is 1. The van der Waals surface area contributed by atoms with E-state index in [0.29, 0.717) is 5.92 Å². The van der Waals surface area contributed by atoms with E-state index < -0.39 is 0 Å². The molecule has 96 valence electrons. The first-order valence-corrected chi connectivity index (χ1v) is 7.08. The van der Waals surface area contributed by atoms with E-state index in [0.717, 1.165) is 29.5 Å². The highest BCUT2D eigenvalue weighted by atomic mass is 16.1. The Bertz CT molecular complexity index is 454. The van der Waals surface area contributed by atoms with Crippen LogP contribution in [0.25, 0.3) is 0 Å². The first-order valence-electron chi connectivity index (χ1n) is 7.08. The van der Waals surface area contributed by atoms with Crippen molar-refractivity contribution in [2.75, 3.05) is 5.32 Å². The van der Waals surface area contributed by atoms with Crippen molar-refractivity contribution in [2.45, 2.75) is 39.0 Å². The van der Waals surface area contributed by atoms with Crippen LogP contribution in [0.5, 0.6) is 0 Å². The smallest absolute Gasteiger partial charge is 0.224 e. The van der Waals surface area contributed by atoms with E-state index in [4.69, 9.17) is 0 Å². The Hall–Kier alpha value is -1.31. The molecule has 0 heterocycles. The Labute approximate surface area is 109 Å². The van der Waals surface area contributed by atoms with Crippen molar-refractivity contribution in [3.63, 3.8) is 0 Å². The van der Waals surface area contributed by atoms with Gasteiger partial charge >= 0.3 is 0 Å². The van der Waals surface area contributed by atoms with E-state index in [9.17, 15) is 4.79 Å². The van der Waals surface area contributed by atoms with Crippen molar-refractivity contribution in [1.82, 2.24) is 0 Å². The van der Waals surface area contributed by atoms with Crippen LogP contribution in [0.3, 0.4) is 0 Å². The highest BCUT2D eigenvalue weighted by molar-refractivity contribution is 5.91. The zero-order chi connectivity index (χ0) is 12.5. The average Bonchev–Trinajstić information content (AvgIpc) is 2.94. The molecule has 1 aromatic carbocycles. The second-order valence-electron chi connectivity index (χ2n) is 6.00. The number of aryl methyl sites for hydroxylation is 1. The lowest BCUT2D eigenvalue weighted by atomic mass is 9.86. The summed E-state index contributed by atoms with van der Waals surface area (Å²) in [5, 5.41) is 3.06. The molecule has 3 atom stereocenters. The second kappa shape index (κ2) is 4.75. The highest BCUT2D eigenvalue weighted by Crippen LogP contribution is 2.49. The van der Waals surface area contributed by atoms with Gasteiger partial charge in [-0.25, -0.2) is 0 Å². The maximum Gasteiger partial charge on any atom is 0.224 e. The molecule has 2 saturated carbocycles. The molecule has 0 aliphatic heterocycles. The molecule has 0 radical (unpaired) electrons. The molecule has 2 fully saturated rings. The number of amides is 1. The third-order valence-electron chi connectivity index (χ3n) is 4.75. The first kappa shape index (κ1) is 11.8. The van der Waals surface area contributed by atoms with Crippen molar-refractivity contribution in [2.24, 2.45) is 17.8 Å². The lowest BCUT2D eigenvalue weighted by molar-refractivity contribution is -0.117. The van der Waals surface area contributed by atoms with E-state index in [-0.39, 0.29) is 5.91 Å². The molecular formula is C16H21NO. The van der Waals surface area contributed by atoms with Gasteiger partial charge in [0.15, 0.2) is 0 Å². The molecule has 1 aromatic rings. The van der Waals surface area contributed by atoms with Crippen molar-refractivity contribution in [3.05, 3.63) is 29.8 Å². The molecule has 2 nitrogen and oxygen atoms in total. The summed E-state index contributed by atoms with van der Waals surface area (Å²) in [4.78, 5) is 12.1. The SMILES string of the molecule is Cc1ccccc1NC(=O)C[C@H]1C[C@H]2CC[C@@H]1C2. The molecule has 0 unspecified atom stereocenters. The largest absolute Gasteiger partial charge is 0.326 e. The van der Waals surface area contributed by atoms with Gasteiger partial charge in [0, 0.05) is 12.1 Å². The van der Waals surface area contributed by atoms with Gasteiger partial charge in [-0.2, -0.15) is 0 Å². The number of carbonyl (C=O) groups is 1. The standard InChI is InChI=1S/C16H21NO/c1-11-4-2-3-5-15(11)17-16(18)10-14-9-12-6-7-13(14)8-12/h2-5,12-14H,6-10H2,1H3,(H,17,18)/t12-,13+,14+/m0/s1. The number of rotatable bonds is 3. The second-order valence-corrected chi connectivity index (χ2v) is 6.00. The number of para-hydroxylation sites is 1. The molecule has 3 rings (SSSR count). The van der Waals surface area contributed by atoms with Crippen molar-refractivity contribution >= 4 is 11.6 Å². The molecule has 0 aromatic heterocycles. The van der Waals surface area contributed by atoms with Crippen LogP contribution in [-0.2, 0) is 4.79 Å². The molecular weight excluding hydrogens is 222 g/mol. The molecule has 2 bridgehead atoms. The molecule has 0 spiro atoms. The molecule has 0 saturated heterocycles. The van der Waals surface area contributed by atoms with Crippen LogP contribution in [0.4, 0.5) is 5.69 Å². The number of anilines is 1. The minimum atomic E-state index is 0.196. The average molecular weight is 243 g/mol. The normalized spacial score (nSPS) is 29.5. The lowest BCUT2D eigenvalue weighted by Crippen LogP contribution is -2.20. The van der Waals surface area contributed by atoms with Crippen LogP contribution in [0, 0.1) is 24.7 Å². The van der Waals surface area contributed by atoms with Crippen LogP contribution in [0.2, 0.25) is 0 Å². The quantitative estimate of drug-likeness (QED) is 0.860. The fraction of sp³-hybridized carbons (Fsp3) is 0.562. The molecule has 2 aliphatic carbocycles. The Balaban J connectivity index is 1.58. The monoisotopic (exact) mass is 243 g/mol. The fourth-order valence-corrected chi connectivity index (χ4v) is 3.78. The Morgan fingerprint density at radius 3 is 2.78 bits per heavy atom. The van der Waals surface area contributed by atoms with Crippen molar-refractivity contribution < 1.29 is 4.79 Å². The zero-order valence-electron chi connectivity index (χ0n) is 11.0. The van der Waals surface area contributed by atoms with Crippen LogP contribution < -0.4 is 5.32 Å². The van der Waals surface area contributed by atoms with E-state index in [1.54, 1.807) is 0 Å². The molecule has 18 heavy (non-hydrogen) atoms. The van der Waals surface area contributed by atoms with Gasteiger partial charge in [0.05, 0.1) is 0 Å². The molecule has 1 amide bonds. The predicted molar refractivity (Wildman–Crippen MR) is 73.4 cm³/mol. The van der Waals surface area contributed by atoms with Crippen LogP contribution in [0.15, 0.2) is 24.3 Å². The lowest BCUT2D eigenvalue weighted by Gasteiger charge is -2.21. The summed E-state index contributed by atoms with van der Waals surface area (Å²) in [7, 11) is 0. The van der Waals surface area contributed by atoms with Gasteiger partial charge in [-0.3, -0.25) is 4.79 Å². The predicted octanol–water partition coefficient (Wildman–Crippen LogP) is 3.76. The summed E-state index contributed by atoms with van der Waals surface area (Å²) in [6, 6.07) is 7.99. The maximum atomic E-state index is 12.1. The topological polar surface area (TPSA) is 29.1 Å². The van der Waals surface area contributed by atoms with Gasteiger partial charge in [-0.15, -0.1) is 0 Å². The third-order valence-corrected chi connectivity index (χ3v) is 4.75. The zero-order valence-corrected chi connectivity index (χ0v) is 11.0. The number of carbonyl (C=O) groups excluding carboxylic acids is 1. The molecule has 2 aliphatic rings. The summed E-state index contributed by atoms with van der Waals surface area (Å²) in [6.45, 7) is 2.03. The van der Waals surface area contributed by atoms with E-state index in [1.807, 2.05) is 31.2 Å². The van der Waals surface area contributed by atoms with Gasteiger partial charge in [-0.05, 0) is 55.6 Å². The van der Waals surface area contributed by atoms with Gasteiger partial charge in [-0.1, -0.05) is 24.6 Å². The van der Waals surface area contributed by atoms with Crippen molar-refractivity contribution in [1.29, 1.82) is 0 Å². The Kier molecular flexibility index (Phi) is 3.11. The summed E-state index contributed by atoms with van der Waals surface area (Å²) in [5.41, 5.74) is 2.10.